The minimum atomic E-state index is -0.471. The minimum absolute atomic E-state index is 0.315. The van der Waals surface area contributed by atoms with Gasteiger partial charge in [-0.2, -0.15) is 0 Å². The Bertz CT molecular complexity index is 713. The van der Waals surface area contributed by atoms with Crippen molar-refractivity contribution in [1.82, 2.24) is 5.32 Å². The maximum absolute atomic E-state index is 11.9. The average Bonchev–Trinajstić information content (AvgIpc) is 2.97. The molecule has 1 aliphatic heterocycles. The van der Waals surface area contributed by atoms with Crippen molar-refractivity contribution < 1.29 is 18.7 Å². The SMILES string of the molecule is CO/C=C1/C(=O)NC(=O)c2ccc(-c3ccco3)cc21. The normalized spacial score (nSPS) is 15.9. The first-order chi connectivity index (χ1) is 9.70. The predicted octanol–water partition coefficient (Wildman–Crippen LogP) is 2.20. The number of rotatable bonds is 2. The van der Waals surface area contributed by atoms with Gasteiger partial charge in [-0.1, -0.05) is 6.07 Å². The number of furan rings is 1. The summed E-state index contributed by atoms with van der Waals surface area (Å²) >= 11 is 0. The number of carbonyl (C=O) groups is 2. The Morgan fingerprint density at radius 2 is 2.00 bits per heavy atom. The molecule has 1 aromatic carbocycles. The summed E-state index contributed by atoms with van der Waals surface area (Å²) < 4.78 is 10.2. The molecule has 0 bridgehead atoms. The first-order valence-corrected chi connectivity index (χ1v) is 5.97. The van der Waals surface area contributed by atoms with Crippen LogP contribution < -0.4 is 5.32 Å². The Morgan fingerprint density at radius 1 is 1.15 bits per heavy atom. The Kier molecular flexibility index (Phi) is 2.87. The number of carbonyl (C=O) groups excluding carboxylic acids is 2. The summed E-state index contributed by atoms with van der Waals surface area (Å²) in [6.07, 6.45) is 2.89. The highest BCUT2D eigenvalue weighted by atomic mass is 16.5. The maximum atomic E-state index is 11.9. The van der Waals surface area contributed by atoms with Crippen LogP contribution >= 0.6 is 0 Å². The summed E-state index contributed by atoms with van der Waals surface area (Å²) in [5.41, 5.74) is 2.08. The van der Waals surface area contributed by atoms with Crippen molar-refractivity contribution >= 4 is 17.4 Å². The number of methoxy groups -OCH3 is 1. The Labute approximate surface area is 114 Å². The van der Waals surface area contributed by atoms with Gasteiger partial charge in [0.25, 0.3) is 11.8 Å². The number of fused-ring (bicyclic) bond motifs is 1. The molecule has 0 spiro atoms. The van der Waals surface area contributed by atoms with Crippen molar-refractivity contribution in [3.63, 3.8) is 0 Å². The largest absolute Gasteiger partial charge is 0.504 e. The number of hydrogen-bond donors (Lipinski definition) is 1. The molecular weight excluding hydrogens is 258 g/mol. The van der Waals surface area contributed by atoms with Gasteiger partial charge in [-0.3, -0.25) is 14.9 Å². The fraction of sp³-hybridized carbons (Fsp3) is 0.0667. The Balaban J connectivity index is 2.19. The van der Waals surface area contributed by atoms with E-state index in [-0.39, 0.29) is 0 Å². The quantitative estimate of drug-likeness (QED) is 0.515. The lowest BCUT2D eigenvalue weighted by Crippen LogP contribution is -2.36. The molecule has 2 amide bonds. The summed E-state index contributed by atoms with van der Waals surface area (Å²) in [6, 6.07) is 8.77. The summed E-state index contributed by atoms with van der Waals surface area (Å²) in [6.45, 7) is 0. The van der Waals surface area contributed by atoms with Gasteiger partial charge in [0.2, 0.25) is 0 Å². The van der Waals surface area contributed by atoms with Crippen LogP contribution in [-0.4, -0.2) is 18.9 Å². The molecule has 100 valence electrons. The molecule has 20 heavy (non-hydrogen) atoms. The number of amides is 2. The summed E-state index contributed by atoms with van der Waals surface area (Å²) in [5.74, 6) is -0.215. The molecule has 0 fully saturated rings. The second kappa shape index (κ2) is 4.70. The third kappa shape index (κ3) is 1.89. The van der Waals surface area contributed by atoms with Gasteiger partial charge in [-0.05, 0) is 24.3 Å². The molecule has 2 heterocycles. The number of ether oxygens (including phenoxy) is 1. The molecule has 0 atom stereocenters. The van der Waals surface area contributed by atoms with Crippen LogP contribution in [0.1, 0.15) is 15.9 Å². The minimum Gasteiger partial charge on any atom is -0.504 e. The van der Waals surface area contributed by atoms with Crippen molar-refractivity contribution in [2.75, 3.05) is 7.11 Å². The van der Waals surface area contributed by atoms with Crippen LogP contribution in [0.3, 0.4) is 0 Å². The first kappa shape index (κ1) is 12.2. The van der Waals surface area contributed by atoms with E-state index in [0.717, 1.165) is 5.56 Å². The van der Waals surface area contributed by atoms with E-state index in [4.69, 9.17) is 9.15 Å². The lowest BCUT2D eigenvalue weighted by molar-refractivity contribution is -0.114. The third-order valence-corrected chi connectivity index (χ3v) is 3.07. The van der Waals surface area contributed by atoms with E-state index in [1.165, 1.54) is 13.4 Å². The van der Waals surface area contributed by atoms with Gasteiger partial charge in [0, 0.05) is 16.7 Å². The topological polar surface area (TPSA) is 68.5 Å². The van der Waals surface area contributed by atoms with E-state index in [1.54, 1.807) is 30.5 Å². The molecule has 1 N–H and O–H groups in total. The molecule has 0 saturated carbocycles. The molecule has 2 aromatic rings. The van der Waals surface area contributed by atoms with Crippen LogP contribution in [-0.2, 0) is 9.53 Å². The van der Waals surface area contributed by atoms with Gasteiger partial charge in [0.05, 0.1) is 25.2 Å². The van der Waals surface area contributed by atoms with Gasteiger partial charge < -0.3 is 9.15 Å². The fourth-order valence-corrected chi connectivity index (χ4v) is 2.16. The van der Waals surface area contributed by atoms with E-state index >= 15 is 0 Å². The van der Waals surface area contributed by atoms with E-state index in [0.29, 0.717) is 22.5 Å². The monoisotopic (exact) mass is 269 g/mol. The molecule has 5 heteroatoms. The lowest BCUT2D eigenvalue weighted by atomic mass is 9.93. The highest BCUT2D eigenvalue weighted by Crippen LogP contribution is 2.29. The number of benzene rings is 1. The molecule has 0 radical (unpaired) electrons. The molecule has 0 unspecified atom stereocenters. The fourth-order valence-electron chi connectivity index (χ4n) is 2.16. The maximum Gasteiger partial charge on any atom is 0.261 e. The van der Waals surface area contributed by atoms with Crippen molar-refractivity contribution in [2.45, 2.75) is 0 Å². The van der Waals surface area contributed by atoms with E-state index < -0.39 is 11.8 Å². The molecule has 1 aromatic heterocycles. The van der Waals surface area contributed by atoms with E-state index in [9.17, 15) is 9.59 Å². The van der Waals surface area contributed by atoms with Crippen molar-refractivity contribution in [3.8, 4) is 11.3 Å². The number of nitrogens with one attached hydrogen (secondary N) is 1. The highest BCUT2D eigenvalue weighted by molar-refractivity contribution is 6.31. The zero-order valence-corrected chi connectivity index (χ0v) is 10.7. The molecule has 1 aliphatic rings. The molecule has 3 rings (SSSR count). The molecule has 0 aliphatic carbocycles. The Morgan fingerprint density at radius 3 is 2.70 bits per heavy atom. The second-order valence-corrected chi connectivity index (χ2v) is 4.29. The predicted molar refractivity (Wildman–Crippen MR) is 71.6 cm³/mol. The van der Waals surface area contributed by atoms with Crippen molar-refractivity contribution in [1.29, 1.82) is 0 Å². The number of imide groups is 1. The van der Waals surface area contributed by atoms with Crippen LogP contribution in [0.2, 0.25) is 0 Å². The highest BCUT2D eigenvalue weighted by Gasteiger charge is 2.28. The molecular formula is C15H11NO4. The van der Waals surface area contributed by atoms with Crippen LogP contribution in [0, 0.1) is 0 Å². The smallest absolute Gasteiger partial charge is 0.261 e. The summed E-state index contributed by atoms with van der Waals surface area (Å²) in [5, 5.41) is 2.28. The van der Waals surface area contributed by atoms with Gasteiger partial charge in [-0.15, -0.1) is 0 Å². The molecule has 5 nitrogen and oxygen atoms in total. The van der Waals surface area contributed by atoms with Crippen LogP contribution in [0.15, 0.2) is 47.3 Å². The zero-order chi connectivity index (χ0) is 14.1. The zero-order valence-electron chi connectivity index (χ0n) is 10.7. The van der Waals surface area contributed by atoms with E-state index in [1.807, 2.05) is 6.07 Å². The van der Waals surface area contributed by atoms with Crippen molar-refractivity contribution in [3.05, 3.63) is 54.0 Å². The van der Waals surface area contributed by atoms with Gasteiger partial charge in [0.1, 0.15) is 5.76 Å². The van der Waals surface area contributed by atoms with Crippen LogP contribution in [0.5, 0.6) is 0 Å². The lowest BCUT2D eigenvalue weighted by Gasteiger charge is -2.18. The Hall–Kier alpha value is -2.82. The standard InChI is InChI=1S/C15H11NO4/c1-19-8-12-11-7-9(13-3-2-6-20-13)4-5-10(11)14(17)16-15(12)18/h2-8H,1H3,(H,16,17,18)/b12-8+. The van der Waals surface area contributed by atoms with Crippen LogP contribution in [0.4, 0.5) is 0 Å². The van der Waals surface area contributed by atoms with Gasteiger partial charge in [-0.25, -0.2) is 0 Å². The first-order valence-electron chi connectivity index (χ1n) is 5.97. The van der Waals surface area contributed by atoms with Crippen LogP contribution in [0.25, 0.3) is 16.9 Å². The third-order valence-electron chi connectivity index (χ3n) is 3.07. The second-order valence-electron chi connectivity index (χ2n) is 4.29. The van der Waals surface area contributed by atoms with Gasteiger partial charge in [0.15, 0.2) is 0 Å². The summed E-state index contributed by atoms with van der Waals surface area (Å²) in [7, 11) is 1.45. The van der Waals surface area contributed by atoms with Crippen molar-refractivity contribution in [2.24, 2.45) is 0 Å². The molecule has 0 saturated heterocycles. The van der Waals surface area contributed by atoms with E-state index in [2.05, 4.69) is 5.32 Å². The number of hydrogen-bond acceptors (Lipinski definition) is 4. The summed E-state index contributed by atoms with van der Waals surface area (Å²) in [4.78, 5) is 23.7. The average molecular weight is 269 g/mol. The van der Waals surface area contributed by atoms with Gasteiger partial charge >= 0.3 is 0 Å².